The Bertz CT molecular complexity index is 419. The molecule has 0 spiro atoms. The van der Waals surface area contributed by atoms with Crippen molar-refractivity contribution in [3.8, 4) is 0 Å². The number of piperidine rings is 1. The molecule has 126 valence electrons. The second-order valence-corrected chi connectivity index (χ2v) is 9.34. The van der Waals surface area contributed by atoms with Gasteiger partial charge in [-0.15, -0.1) is 0 Å². The molecule has 3 aliphatic rings. The molecule has 22 heavy (non-hydrogen) atoms. The molecule has 3 rings (SSSR count). The summed E-state index contributed by atoms with van der Waals surface area (Å²) in [6, 6.07) is 1.34. The molecule has 2 saturated carbocycles. The maximum Gasteiger partial charge on any atom is 0.410 e. The minimum absolute atomic E-state index is 0.141. The molecular weight excluding hydrogens is 276 g/mol. The molecule has 0 bridgehead atoms. The van der Waals surface area contributed by atoms with Crippen LogP contribution in [-0.2, 0) is 4.74 Å². The van der Waals surface area contributed by atoms with Crippen LogP contribution in [0, 0.1) is 17.3 Å². The fourth-order valence-corrected chi connectivity index (χ4v) is 4.09. The molecule has 0 aromatic rings. The Morgan fingerprint density at radius 3 is 2.18 bits per heavy atom. The molecule has 1 heterocycles. The summed E-state index contributed by atoms with van der Waals surface area (Å²) in [5, 5.41) is 3.86. The van der Waals surface area contributed by atoms with Crippen molar-refractivity contribution in [2.75, 3.05) is 13.1 Å². The molecule has 3 fully saturated rings. The highest BCUT2D eigenvalue weighted by molar-refractivity contribution is 5.69. The van der Waals surface area contributed by atoms with Crippen molar-refractivity contribution < 1.29 is 9.53 Å². The maximum atomic E-state index is 12.1. The summed E-state index contributed by atoms with van der Waals surface area (Å²) in [6.45, 7) is 12.3. The predicted molar refractivity (Wildman–Crippen MR) is 87.7 cm³/mol. The van der Waals surface area contributed by atoms with E-state index in [2.05, 4.69) is 19.2 Å². The van der Waals surface area contributed by atoms with Crippen LogP contribution in [0.1, 0.15) is 60.3 Å². The van der Waals surface area contributed by atoms with E-state index in [1.165, 1.54) is 25.7 Å². The summed E-state index contributed by atoms with van der Waals surface area (Å²) in [4.78, 5) is 14.0. The quantitative estimate of drug-likeness (QED) is 0.850. The van der Waals surface area contributed by atoms with Crippen LogP contribution in [0.5, 0.6) is 0 Å². The Kier molecular flexibility index (Phi) is 3.95. The largest absolute Gasteiger partial charge is 0.444 e. The van der Waals surface area contributed by atoms with Crippen LogP contribution in [0.25, 0.3) is 0 Å². The summed E-state index contributed by atoms with van der Waals surface area (Å²) < 4.78 is 5.47. The lowest BCUT2D eigenvalue weighted by Crippen LogP contribution is -2.42. The van der Waals surface area contributed by atoms with Crippen molar-refractivity contribution in [2.24, 2.45) is 17.3 Å². The van der Waals surface area contributed by atoms with Crippen LogP contribution < -0.4 is 5.32 Å². The summed E-state index contributed by atoms with van der Waals surface area (Å²) in [7, 11) is 0. The minimum atomic E-state index is -0.392. The average Bonchev–Trinajstić information content (AvgIpc) is 2.82. The first-order valence-electron chi connectivity index (χ1n) is 8.89. The third-order valence-electron chi connectivity index (χ3n) is 5.61. The first-order valence-corrected chi connectivity index (χ1v) is 8.89. The number of hydrogen-bond donors (Lipinski definition) is 1. The lowest BCUT2D eigenvalue weighted by atomic mass is 9.75. The van der Waals surface area contributed by atoms with Gasteiger partial charge in [0.2, 0.25) is 0 Å². The van der Waals surface area contributed by atoms with E-state index in [0.29, 0.717) is 29.3 Å². The van der Waals surface area contributed by atoms with Crippen LogP contribution in [0.15, 0.2) is 0 Å². The van der Waals surface area contributed by atoms with E-state index in [4.69, 9.17) is 4.74 Å². The van der Waals surface area contributed by atoms with Crippen molar-refractivity contribution in [3.05, 3.63) is 0 Å². The highest BCUT2D eigenvalue weighted by Gasteiger charge is 2.57. The van der Waals surface area contributed by atoms with Gasteiger partial charge in [0.1, 0.15) is 5.60 Å². The molecule has 2 atom stereocenters. The number of carbonyl (C=O) groups is 1. The molecule has 1 N–H and O–H groups in total. The number of ether oxygens (including phenoxy) is 1. The molecular formula is C18H32N2O2. The Hall–Kier alpha value is -0.770. The number of rotatable bonds is 2. The molecule has 2 aliphatic carbocycles. The lowest BCUT2D eigenvalue weighted by Gasteiger charge is -2.35. The first kappa shape index (κ1) is 16.1. The zero-order valence-electron chi connectivity index (χ0n) is 14.8. The van der Waals surface area contributed by atoms with E-state index in [0.717, 1.165) is 13.1 Å². The van der Waals surface area contributed by atoms with Crippen LogP contribution in [-0.4, -0.2) is 41.8 Å². The van der Waals surface area contributed by atoms with Crippen molar-refractivity contribution in [2.45, 2.75) is 78.0 Å². The van der Waals surface area contributed by atoms with Crippen molar-refractivity contribution in [1.29, 1.82) is 0 Å². The number of fused-ring (bicyclic) bond motifs is 1. The second-order valence-electron chi connectivity index (χ2n) is 9.34. The molecule has 1 saturated heterocycles. The van der Waals surface area contributed by atoms with E-state index in [9.17, 15) is 4.79 Å². The minimum Gasteiger partial charge on any atom is -0.444 e. The fourth-order valence-electron chi connectivity index (χ4n) is 4.09. The number of amides is 1. The number of nitrogens with one attached hydrogen (secondary N) is 1. The highest BCUT2D eigenvalue weighted by atomic mass is 16.6. The third kappa shape index (κ3) is 3.58. The van der Waals surface area contributed by atoms with Crippen molar-refractivity contribution in [3.63, 3.8) is 0 Å². The van der Waals surface area contributed by atoms with Gasteiger partial charge in [0.25, 0.3) is 0 Å². The highest BCUT2D eigenvalue weighted by Crippen LogP contribution is 2.47. The van der Waals surface area contributed by atoms with Gasteiger partial charge in [0, 0.05) is 25.2 Å². The monoisotopic (exact) mass is 308 g/mol. The Labute approximate surface area is 135 Å². The number of nitrogens with zero attached hydrogens (tertiary/aromatic N) is 1. The van der Waals surface area contributed by atoms with E-state index in [-0.39, 0.29) is 6.09 Å². The Balaban J connectivity index is 1.41. The average molecular weight is 308 g/mol. The van der Waals surface area contributed by atoms with E-state index < -0.39 is 5.60 Å². The Morgan fingerprint density at radius 1 is 1.14 bits per heavy atom. The zero-order chi connectivity index (χ0) is 16.1. The van der Waals surface area contributed by atoms with Crippen LogP contribution in [0.4, 0.5) is 4.79 Å². The molecule has 0 aromatic carbocycles. The van der Waals surface area contributed by atoms with E-state index in [1.54, 1.807) is 0 Å². The topological polar surface area (TPSA) is 41.6 Å². The number of likely N-dealkylation sites (tertiary alicyclic amines) is 1. The van der Waals surface area contributed by atoms with E-state index >= 15 is 0 Å². The SMILES string of the molecule is CC1(C)CCC(NC2C3CN(C(=O)OC(C)(C)C)CC32)CC1. The van der Waals surface area contributed by atoms with Gasteiger partial charge in [0.15, 0.2) is 0 Å². The zero-order valence-corrected chi connectivity index (χ0v) is 14.8. The van der Waals surface area contributed by atoms with Crippen LogP contribution >= 0.6 is 0 Å². The van der Waals surface area contributed by atoms with Crippen LogP contribution in [0.2, 0.25) is 0 Å². The summed E-state index contributed by atoms with van der Waals surface area (Å²) in [5.41, 5.74) is 0.140. The molecule has 0 radical (unpaired) electrons. The number of carbonyl (C=O) groups excluding carboxylic acids is 1. The van der Waals surface area contributed by atoms with Gasteiger partial charge < -0.3 is 15.0 Å². The standard InChI is InChI=1S/C18H32N2O2/c1-17(2,3)22-16(21)20-10-13-14(11-20)15(13)19-12-6-8-18(4,5)9-7-12/h12-15,19H,6-11H2,1-5H3. The van der Waals surface area contributed by atoms with Crippen LogP contribution in [0.3, 0.4) is 0 Å². The molecule has 0 aromatic heterocycles. The summed E-state index contributed by atoms with van der Waals surface area (Å²) >= 11 is 0. The molecule has 1 amide bonds. The summed E-state index contributed by atoms with van der Waals surface area (Å²) in [5.74, 6) is 1.31. The van der Waals surface area contributed by atoms with E-state index in [1.807, 2.05) is 25.7 Å². The molecule has 4 nitrogen and oxygen atoms in total. The maximum absolute atomic E-state index is 12.1. The molecule has 4 heteroatoms. The van der Waals surface area contributed by atoms with Gasteiger partial charge >= 0.3 is 6.09 Å². The smallest absolute Gasteiger partial charge is 0.410 e. The third-order valence-corrected chi connectivity index (χ3v) is 5.61. The van der Waals surface area contributed by atoms with Gasteiger partial charge in [-0.3, -0.25) is 0 Å². The van der Waals surface area contributed by atoms with Gasteiger partial charge in [-0.2, -0.15) is 0 Å². The predicted octanol–water partition coefficient (Wildman–Crippen LogP) is 3.41. The summed E-state index contributed by atoms with van der Waals surface area (Å²) in [6.07, 6.45) is 5.13. The molecule has 1 aliphatic heterocycles. The van der Waals surface area contributed by atoms with Gasteiger partial charge in [-0.1, -0.05) is 13.8 Å². The normalized spacial score (nSPS) is 34.4. The van der Waals surface area contributed by atoms with Gasteiger partial charge in [-0.05, 0) is 63.7 Å². The lowest BCUT2D eigenvalue weighted by molar-refractivity contribution is 0.0267. The van der Waals surface area contributed by atoms with Gasteiger partial charge in [-0.25, -0.2) is 4.79 Å². The van der Waals surface area contributed by atoms with Gasteiger partial charge in [0.05, 0.1) is 0 Å². The fraction of sp³-hybridized carbons (Fsp3) is 0.944. The molecule has 2 unspecified atom stereocenters. The Morgan fingerprint density at radius 2 is 1.68 bits per heavy atom. The second kappa shape index (κ2) is 5.40. The van der Waals surface area contributed by atoms with Crippen molar-refractivity contribution >= 4 is 6.09 Å². The van der Waals surface area contributed by atoms with Crippen molar-refractivity contribution in [1.82, 2.24) is 10.2 Å². The first-order chi connectivity index (χ1) is 10.1. The number of hydrogen-bond acceptors (Lipinski definition) is 3.